The molecule has 0 radical (unpaired) electrons. The minimum Gasteiger partial charge on any atom is -0.463 e. The largest absolute Gasteiger partial charge is 0.472 e. The molecule has 5 unspecified atom stereocenters. The smallest absolute Gasteiger partial charge is 0.463 e. The van der Waals surface area contributed by atoms with Crippen LogP contribution < -0.4 is 0 Å². The van der Waals surface area contributed by atoms with E-state index in [1.807, 2.05) is 0 Å². The van der Waals surface area contributed by atoms with E-state index in [2.05, 4.69) is 167 Å². The molecule has 0 bridgehead atoms. The zero-order valence-corrected chi connectivity index (χ0v) is 64.8. The summed E-state index contributed by atoms with van der Waals surface area (Å²) < 4.78 is 61.1. The van der Waals surface area contributed by atoms with Gasteiger partial charge in [-0.25, -0.2) is 9.13 Å². The second-order valence-corrected chi connectivity index (χ2v) is 28.7. The van der Waals surface area contributed by atoms with Gasteiger partial charge in [0.05, 0.1) is 26.4 Å². The summed E-state index contributed by atoms with van der Waals surface area (Å²) in [5.74, 6) is -1.60. The van der Waals surface area contributed by atoms with E-state index in [-0.39, 0.29) is 19.3 Å². The van der Waals surface area contributed by atoms with E-state index in [4.69, 9.17) is 32.3 Å². The van der Waals surface area contributed by atoms with Crippen LogP contribution >= 0.6 is 15.6 Å². The first-order valence-corrected chi connectivity index (χ1v) is 42.1. The molecule has 5 atom stereocenters. The maximum absolute atomic E-state index is 12.9. The molecule has 0 fully saturated rings. The lowest BCUT2D eigenvalue weighted by Gasteiger charge is -2.21. The highest BCUT2D eigenvalue weighted by Gasteiger charge is 2.29. The number of hydrogen-bond acceptors (Lipinski definition) is 14. The van der Waals surface area contributed by atoms with Crippen molar-refractivity contribution in [2.45, 2.75) is 322 Å². The van der Waals surface area contributed by atoms with Crippen LogP contribution in [0.2, 0.25) is 0 Å². The number of carbonyl (C=O) groups is 3. The van der Waals surface area contributed by atoms with Crippen molar-refractivity contribution < 1.29 is 75.8 Å². The van der Waals surface area contributed by atoms with Crippen molar-refractivity contribution >= 4 is 33.6 Å². The Kier molecular flexibility index (Phi) is 71.7. The molecule has 0 rings (SSSR count). The molecule has 0 saturated carbocycles. The molecule has 0 spiro atoms. The molecular formula is C83H140O16P2. The van der Waals surface area contributed by atoms with Gasteiger partial charge in [0.15, 0.2) is 6.10 Å². The SMILES string of the molecule is CC/C=C\C/C=C\C/C=C\C/C=C\C/C=C\C/C=C\CCCCCCCCCCC(=O)OCC(O)COP(=O)(O)OCC(O)COP(=O)(O)OCC(COC(=O)CCCCCCCCCCC/C=C\C/C=C\C/C=C\C/C=C\C/C=C\CC)OC(=O)CCCCCCC/C=C\CCCCCC. The number of unbranched alkanes of at least 4 members (excludes halogenated alkanes) is 26. The number of rotatable bonds is 73. The Hall–Kier alpha value is -4.57. The Balaban J connectivity index is 4.56. The third kappa shape index (κ3) is 76.4. The van der Waals surface area contributed by atoms with E-state index in [9.17, 15) is 43.5 Å². The molecule has 0 aromatic heterocycles. The summed E-state index contributed by atoms with van der Waals surface area (Å²) >= 11 is 0. The number of phosphoric acid groups is 2. The van der Waals surface area contributed by atoms with Gasteiger partial charge in [-0.1, -0.05) is 289 Å². The molecule has 0 aromatic carbocycles. The minimum absolute atomic E-state index is 0.0902. The van der Waals surface area contributed by atoms with Crippen LogP contribution in [0.25, 0.3) is 0 Å². The molecule has 0 aliphatic rings. The predicted molar refractivity (Wildman–Crippen MR) is 417 cm³/mol. The molecule has 101 heavy (non-hydrogen) atoms. The van der Waals surface area contributed by atoms with Crippen molar-refractivity contribution in [2.24, 2.45) is 0 Å². The summed E-state index contributed by atoms with van der Waals surface area (Å²) in [6.45, 7) is 2.41. The third-order valence-electron chi connectivity index (χ3n) is 16.0. The average molecular weight is 1460 g/mol. The van der Waals surface area contributed by atoms with Crippen LogP contribution in [0.3, 0.4) is 0 Å². The highest BCUT2D eigenvalue weighted by atomic mass is 31.2. The Morgan fingerprint density at radius 1 is 0.287 bits per heavy atom. The fraction of sp³-hybridized carbons (Fsp3) is 0.675. The average Bonchev–Trinajstić information content (AvgIpc) is 0.949. The first kappa shape index (κ1) is 96.4. The number of aliphatic hydroxyl groups is 2. The lowest BCUT2D eigenvalue weighted by molar-refractivity contribution is -0.161. The molecule has 578 valence electrons. The van der Waals surface area contributed by atoms with Crippen LogP contribution in [-0.4, -0.2) is 95.9 Å². The third-order valence-corrected chi connectivity index (χ3v) is 17.9. The van der Waals surface area contributed by atoms with Gasteiger partial charge in [-0.3, -0.25) is 32.5 Å². The van der Waals surface area contributed by atoms with Gasteiger partial charge in [0, 0.05) is 19.3 Å². The second-order valence-electron chi connectivity index (χ2n) is 25.7. The van der Waals surface area contributed by atoms with Crippen molar-refractivity contribution in [3.8, 4) is 0 Å². The number of phosphoric ester groups is 2. The standard InChI is InChI=1S/C83H140O16P2/c1-4-7-10-13-16-19-22-25-27-29-31-33-35-37-38-40-42-43-45-47-49-52-54-57-60-63-66-69-81(86)93-72-78(84)73-95-100(89,90)96-74-79(85)75-97-101(91,92)98-77-80(99-83(88)71-68-65-62-59-56-51-24-21-18-15-12-9-6-3)76-94-82(87)70-67-64-61-58-55-53-50-48-46-44-41-39-36-34-32-30-28-26-23-20-17-14-11-8-5-2/h7-8,10-11,16-17,19-21,24-28,31-34,37-39,41-43,78-80,84-85H,4-6,9,12-15,18,22-23,29-30,35-36,40,44-77H2,1-3H3,(H,89,90)(H,91,92)/b10-7-,11-8-,19-16-,20-17-,24-21-,27-25-,28-26-,33-31-,34-32-,38-37-,41-39-,43-42-. The Labute approximate surface area is 613 Å². The van der Waals surface area contributed by atoms with E-state index in [0.29, 0.717) is 19.3 Å². The molecule has 16 nitrogen and oxygen atoms in total. The van der Waals surface area contributed by atoms with Gasteiger partial charge in [-0.05, 0) is 141 Å². The molecule has 4 N–H and O–H groups in total. The zero-order chi connectivity index (χ0) is 73.7. The number of aliphatic hydroxyl groups excluding tert-OH is 2. The van der Waals surface area contributed by atoms with E-state index >= 15 is 0 Å². The molecule has 18 heteroatoms. The Morgan fingerprint density at radius 2 is 0.525 bits per heavy atom. The zero-order valence-electron chi connectivity index (χ0n) is 63.0. The van der Waals surface area contributed by atoms with Crippen LogP contribution in [-0.2, 0) is 55.8 Å². The molecule has 0 aliphatic carbocycles. The van der Waals surface area contributed by atoms with Crippen molar-refractivity contribution in [1.29, 1.82) is 0 Å². The molecule has 0 saturated heterocycles. The predicted octanol–water partition coefficient (Wildman–Crippen LogP) is 22.9. The van der Waals surface area contributed by atoms with Gasteiger partial charge in [0.1, 0.15) is 25.4 Å². The van der Waals surface area contributed by atoms with E-state index in [1.165, 1.54) is 70.6 Å². The Bertz CT molecular complexity index is 2420. The lowest BCUT2D eigenvalue weighted by atomic mass is 10.1. The number of allylic oxidation sites excluding steroid dienone is 24. The highest BCUT2D eigenvalue weighted by Crippen LogP contribution is 2.45. The second kappa shape index (κ2) is 75.1. The van der Waals surface area contributed by atoms with E-state index < -0.39 is 91.5 Å². The first-order valence-electron chi connectivity index (χ1n) is 39.1. The lowest BCUT2D eigenvalue weighted by Crippen LogP contribution is -2.30. The van der Waals surface area contributed by atoms with Crippen LogP contribution in [0.15, 0.2) is 146 Å². The van der Waals surface area contributed by atoms with Crippen molar-refractivity contribution in [3.63, 3.8) is 0 Å². The van der Waals surface area contributed by atoms with Crippen LogP contribution in [0, 0.1) is 0 Å². The van der Waals surface area contributed by atoms with Gasteiger partial charge < -0.3 is 34.2 Å². The van der Waals surface area contributed by atoms with Crippen molar-refractivity contribution in [2.75, 3.05) is 39.6 Å². The summed E-state index contributed by atoms with van der Waals surface area (Å²) in [5, 5.41) is 20.6. The van der Waals surface area contributed by atoms with Gasteiger partial charge in [0.25, 0.3) is 0 Å². The minimum atomic E-state index is -4.94. The van der Waals surface area contributed by atoms with E-state index in [1.54, 1.807) is 0 Å². The number of esters is 3. The summed E-state index contributed by atoms with van der Waals surface area (Å²) in [7, 11) is -9.80. The van der Waals surface area contributed by atoms with Gasteiger partial charge in [0.2, 0.25) is 0 Å². The molecule has 0 aliphatic heterocycles. The summed E-state index contributed by atoms with van der Waals surface area (Å²) in [5.41, 5.74) is 0. The molecule has 0 heterocycles. The first-order chi connectivity index (χ1) is 49.2. The summed E-state index contributed by atoms with van der Waals surface area (Å²) in [6, 6.07) is 0. The van der Waals surface area contributed by atoms with Gasteiger partial charge >= 0.3 is 33.6 Å². The maximum Gasteiger partial charge on any atom is 0.472 e. The van der Waals surface area contributed by atoms with E-state index in [0.717, 1.165) is 173 Å². The quantitative estimate of drug-likeness (QED) is 0.0146. The Morgan fingerprint density at radius 3 is 0.842 bits per heavy atom. The molecule has 0 aromatic rings. The maximum atomic E-state index is 12.9. The molecular weight excluding hydrogens is 1310 g/mol. The number of ether oxygens (including phenoxy) is 3. The summed E-state index contributed by atoms with van der Waals surface area (Å²) in [4.78, 5) is 58.6. The summed E-state index contributed by atoms with van der Waals surface area (Å²) in [6.07, 6.45) is 91.8. The van der Waals surface area contributed by atoms with Crippen LogP contribution in [0.4, 0.5) is 0 Å². The molecule has 0 amide bonds. The normalized spacial score (nSPS) is 14.8. The number of hydrogen-bond donors (Lipinski definition) is 4. The van der Waals surface area contributed by atoms with Crippen LogP contribution in [0.5, 0.6) is 0 Å². The fourth-order valence-electron chi connectivity index (χ4n) is 10.1. The van der Waals surface area contributed by atoms with Crippen molar-refractivity contribution in [1.82, 2.24) is 0 Å². The topological polar surface area (TPSA) is 231 Å². The highest BCUT2D eigenvalue weighted by molar-refractivity contribution is 7.47. The van der Waals surface area contributed by atoms with Gasteiger partial charge in [-0.15, -0.1) is 0 Å². The van der Waals surface area contributed by atoms with Crippen LogP contribution in [0.1, 0.15) is 303 Å². The van der Waals surface area contributed by atoms with Crippen molar-refractivity contribution in [3.05, 3.63) is 146 Å². The monoisotopic (exact) mass is 1450 g/mol. The number of carbonyl (C=O) groups excluding carboxylic acids is 3. The van der Waals surface area contributed by atoms with Gasteiger partial charge in [-0.2, -0.15) is 0 Å². The fourth-order valence-corrected chi connectivity index (χ4v) is 11.7.